The van der Waals surface area contributed by atoms with E-state index in [-0.39, 0.29) is 0 Å². The lowest BCUT2D eigenvalue weighted by Gasteiger charge is -2.36. The molecular weight excluding hydrogens is 244 g/mol. The van der Waals surface area contributed by atoms with Crippen LogP contribution in [0.25, 0.3) is 5.69 Å². The van der Waals surface area contributed by atoms with Gasteiger partial charge in [0, 0.05) is 6.42 Å². The minimum Gasteiger partial charge on any atom is -0.481 e. The van der Waals surface area contributed by atoms with E-state index in [1.165, 1.54) is 0 Å². The van der Waals surface area contributed by atoms with Gasteiger partial charge in [0.1, 0.15) is 0 Å². The predicted molar refractivity (Wildman–Crippen MR) is 66.8 cm³/mol. The molecule has 2 aromatic rings. The number of hydrogen-bond acceptors (Lipinski definition) is 4. The number of tetrazole rings is 1. The summed E-state index contributed by atoms with van der Waals surface area (Å²) in [5.41, 5.74) is 0.170. The summed E-state index contributed by atoms with van der Waals surface area (Å²) in [7, 11) is 0. The van der Waals surface area contributed by atoms with Crippen LogP contribution in [0, 0.1) is 5.41 Å². The van der Waals surface area contributed by atoms with Gasteiger partial charge in [-0.05, 0) is 35.4 Å². The molecule has 1 N–H and O–H groups in total. The quantitative estimate of drug-likeness (QED) is 0.897. The maximum absolute atomic E-state index is 11.4. The average Bonchev–Trinajstić information content (AvgIpc) is 2.82. The molecule has 3 rings (SSSR count). The fourth-order valence-corrected chi connectivity index (χ4v) is 2.46. The van der Waals surface area contributed by atoms with E-state index in [1.54, 1.807) is 4.68 Å². The molecule has 0 spiro atoms. The van der Waals surface area contributed by atoms with Crippen molar-refractivity contribution in [3.8, 4) is 5.69 Å². The van der Waals surface area contributed by atoms with Crippen LogP contribution in [0.5, 0.6) is 0 Å². The van der Waals surface area contributed by atoms with Crippen LogP contribution in [0.4, 0.5) is 0 Å². The van der Waals surface area contributed by atoms with Crippen LogP contribution >= 0.6 is 0 Å². The number of hydrogen-bond donors (Lipinski definition) is 1. The normalized spacial score (nSPS) is 16.8. The van der Waals surface area contributed by atoms with Crippen LogP contribution in [0.3, 0.4) is 0 Å². The highest BCUT2D eigenvalue weighted by molar-refractivity contribution is 5.76. The van der Waals surface area contributed by atoms with Crippen LogP contribution < -0.4 is 0 Å². The molecule has 6 nitrogen and oxygen atoms in total. The molecule has 0 bridgehead atoms. The molecule has 0 aliphatic heterocycles. The zero-order chi connectivity index (χ0) is 13.3. The first-order chi connectivity index (χ1) is 9.21. The molecule has 1 heterocycles. The van der Waals surface area contributed by atoms with Gasteiger partial charge >= 0.3 is 5.97 Å². The maximum Gasteiger partial charge on any atom is 0.310 e. The van der Waals surface area contributed by atoms with Gasteiger partial charge in [0.25, 0.3) is 0 Å². The van der Waals surface area contributed by atoms with E-state index in [2.05, 4.69) is 15.5 Å². The molecule has 0 unspecified atom stereocenters. The van der Waals surface area contributed by atoms with Crippen molar-refractivity contribution in [1.29, 1.82) is 0 Å². The number of nitrogens with zero attached hydrogens (tertiary/aromatic N) is 4. The van der Waals surface area contributed by atoms with Crippen LogP contribution in [-0.4, -0.2) is 31.3 Å². The second kappa shape index (κ2) is 4.46. The lowest BCUT2D eigenvalue weighted by Crippen LogP contribution is -2.40. The van der Waals surface area contributed by atoms with Crippen molar-refractivity contribution in [2.24, 2.45) is 5.41 Å². The highest BCUT2D eigenvalue weighted by Crippen LogP contribution is 2.43. The average molecular weight is 258 g/mol. The van der Waals surface area contributed by atoms with Crippen molar-refractivity contribution in [2.75, 3.05) is 0 Å². The Hall–Kier alpha value is -2.24. The van der Waals surface area contributed by atoms with E-state index >= 15 is 0 Å². The van der Waals surface area contributed by atoms with Gasteiger partial charge in [-0.1, -0.05) is 24.6 Å². The Morgan fingerprint density at radius 2 is 2.05 bits per heavy atom. The molecule has 0 atom stereocenters. The van der Waals surface area contributed by atoms with Crippen molar-refractivity contribution < 1.29 is 9.90 Å². The first-order valence-electron chi connectivity index (χ1n) is 6.27. The Labute approximate surface area is 110 Å². The molecule has 0 saturated heterocycles. The number of benzene rings is 1. The summed E-state index contributed by atoms with van der Waals surface area (Å²) in [5, 5.41) is 21.0. The summed E-state index contributed by atoms with van der Waals surface area (Å²) < 4.78 is 1.61. The zero-order valence-electron chi connectivity index (χ0n) is 10.4. The van der Waals surface area contributed by atoms with Gasteiger partial charge in [-0.2, -0.15) is 4.68 Å². The Bertz CT molecular complexity index is 590. The van der Waals surface area contributed by atoms with Crippen molar-refractivity contribution in [1.82, 2.24) is 20.2 Å². The topological polar surface area (TPSA) is 80.9 Å². The molecular formula is C13H14N4O2. The van der Waals surface area contributed by atoms with E-state index in [0.29, 0.717) is 25.1 Å². The van der Waals surface area contributed by atoms with Gasteiger partial charge in [-0.15, -0.1) is 5.10 Å². The number of rotatable bonds is 4. The first-order valence-corrected chi connectivity index (χ1v) is 6.27. The number of carbonyl (C=O) groups is 1. The maximum atomic E-state index is 11.4. The minimum atomic E-state index is -0.749. The number of carboxylic acid groups (broad SMARTS) is 1. The molecule has 98 valence electrons. The highest BCUT2D eigenvalue weighted by atomic mass is 16.4. The van der Waals surface area contributed by atoms with E-state index in [1.807, 2.05) is 30.3 Å². The fraction of sp³-hybridized carbons (Fsp3) is 0.385. The third kappa shape index (κ3) is 1.99. The largest absolute Gasteiger partial charge is 0.481 e. The Balaban J connectivity index is 1.91. The SMILES string of the molecule is O=C(O)C1(Cc2nnnn2-c2ccccc2)CCC1. The fourth-order valence-electron chi connectivity index (χ4n) is 2.46. The van der Waals surface area contributed by atoms with Crippen LogP contribution in [-0.2, 0) is 11.2 Å². The summed E-state index contributed by atoms with van der Waals surface area (Å²) in [6.45, 7) is 0. The highest BCUT2D eigenvalue weighted by Gasteiger charge is 2.45. The number of para-hydroxylation sites is 1. The van der Waals surface area contributed by atoms with E-state index in [4.69, 9.17) is 0 Å². The van der Waals surface area contributed by atoms with Crippen LogP contribution in [0.15, 0.2) is 30.3 Å². The second-order valence-electron chi connectivity index (χ2n) is 4.96. The summed E-state index contributed by atoms with van der Waals surface area (Å²) in [6.07, 6.45) is 2.73. The lowest BCUT2D eigenvalue weighted by molar-refractivity contribution is -0.154. The molecule has 0 amide bonds. The van der Waals surface area contributed by atoms with E-state index in [0.717, 1.165) is 12.1 Å². The predicted octanol–water partition coefficient (Wildman–Crippen LogP) is 1.46. The van der Waals surface area contributed by atoms with Gasteiger partial charge in [0.15, 0.2) is 5.82 Å². The molecule has 1 aliphatic rings. The molecule has 6 heteroatoms. The summed E-state index contributed by atoms with van der Waals surface area (Å²) >= 11 is 0. The Morgan fingerprint density at radius 3 is 2.63 bits per heavy atom. The van der Waals surface area contributed by atoms with Crippen molar-refractivity contribution in [3.63, 3.8) is 0 Å². The van der Waals surface area contributed by atoms with Gasteiger partial charge in [-0.25, -0.2) is 0 Å². The number of carboxylic acids is 1. The van der Waals surface area contributed by atoms with Crippen molar-refractivity contribution >= 4 is 5.97 Å². The van der Waals surface area contributed by atoms with Crippen molar-refractivity contribution in [2.45, 2.75) is 25.7 Å². The van der Waals surface area contributed by atoms with Crippen molar-refractivity contribution in [3.05, 3.63) is 36.2 Å². The summed E-state index contributed by atoms with van der Waals surface area (Å²) in [5.74, 6) is -0.144. The van der Waals surface area contributed by atoms with E-state index < -0.39 is 11.4 Å². The Kier molecular flexibility index (Phi) is 2.77. The molecule has 1 aromatic carbocycles. The monoisotopic (exact) mass is 258 g/mol. The summed E-state index contributed by atoms with van der Waals surface area (Å²) in [4.78, 5) is 11.4. The molecule has 1 saturated carbocycles. The van der Waals surface area contributed by atoms with Gasteiger partial charge in [-0.3, -0.25) is 4.79 Å². The number of aliphatic carboxylic acids is 1. The molecule has 1 aliphatic carbocycles. The smallest absolute Gasteiger partial charge is 0.310 e. The third-order valence-electron chi connectivity index (χ3n) is 3.80. The molecule has 19 heavy (non-hydrogen) atoms. The minimum absolute atomic E-state index is 0.379. The molecule has 1 aromatic heterocycles. The van der Waals surface area contributed by atoms with Gasteiger partial charge in [0.05, 0.1) is 11.1 Å². The lowest BCUT2D eigenvalue weighted by atomic mass is 9.66. The first kappa shape index (κ1) is 11.8. The van der Waals surface area contributed by atoms with Crippen LogP contribution in [0.2, 0.25) is 0 Å². The van der Waals surface area contributed by atoms with Gasteiger partial charge < -0.3 is 5.11 Å². The van der Waals surface area contributed by atoms with Gasteiger partial charge in [0.2, 0.25) is 0 Å². The molecule has 1 fully saturated rings. The summed E-state index contributed by atoms with van der Waals surface area (Å²) in [6, 6.07) is 9.51. The van der Waals surface area contributed by atoms with Crippen LogP contribution in [0.1, 0.15) is 25.1 Å². The third-order valence-corrected chi connectivity index (χ3v) is 3.80. The standard InChI is InChI=1S/C13H14N4O2/c18-12(19)13(7-4-8-13)9-11-14-15-16-17(11)10-5-2-1-3-6-10/h1-3,5-6H,4,7-9H2,(H,18,19). The Morgan fingerprint density at radius 1 is 1.32 bits per heavy atom. The molecule has 0 radical (unpaired) electrons. The zero-order valence-corrected chi connectivity index (χ0v) is 10.4. The second-order valence-corrected chi connectivity index (χ2v) is 4.96. The van der Waals surface area contributed by atoms with E-state index in [9.17, 15) is 9.90 Å². The number of aromatic nitrogens is 4.